The zero-order chi connectivity index (χ0) is 19.0. The van der Waals surface area contributed by atoms with Gasteiger partial charge in [-0.3, -0.25) is 4.79 Å². The number of para-hydroxylation sites is 1. The van der Waals surface area contributed by atoms with Crippen molar-refractivity contribution in [3.63, 3.8) is 0 Å². The van der Waals surface area contributed by atoms with Crippen molar-refractivity contribution >= 4 is 34.1 Å². The molecule has 0 unspecified atom stereocenters. The average Bonchev–Trinajstić information content (AvgIpc) is 2.99. The van der Waals surface area contributed by atoms with Crippen LogP contribution >= 0.6 is 11.6 Å². The lowest BCUT2D eigenvalue weighted by Gasteiger charge is -2.37. The number of carbonyl (C=O) groups is 1. The summed E-state index contributed by atoms with van der Waals surface area (Å²) in [6.45, 7) is 7.70. The monoisotopic (exact) mass is 381 g/mol. The summed E-state index contributed by atoms with van der Waals surface area (Å²) in [7, 11) is 0. The summed E-state index contributed by atoms with van der Waals surface area (Å²) in [5, 5.41) is 1.94. The lowest BCUT2D eigenvalue weighted by molar-refractivity contribution is -0.132. The first-order valence-electron chi connectivity index (χ1n) is 9.36. The van der Waals surface area contributed by atoms with Crippen LogP contribution in [0.1, 0.15) is 11.3 Å². The first-order chi connectivity index (χ1) is 13.0. The van der Waals surface area contributed by atoms with E-state index in [1.165, 1.54) is 16.6 Å². The Morgan fingerprint density at radius 1 is 1.00 bits per heavy atom. The quantitative estimate of drug-likeness (QED) is 0.678. The Balaban J connectivity index is 1.44. The van der Waals surface area contributed by atoms with E-state index in [9.17, 15) is 4.79 Å². The number of carbonyl (C=O) groups excluding carboxylic acids is 1. The second-order valence-corrected chi connectivity index (χ2v) is 7.67. The summed E-state index contributed by atoms with van der Waals surface area (Å²) >= 11 is 6.16. The van der Waals surface area contributed by atoms with Gasteiger partial charge in [-0.05, 0) is 49.1 Å². The van der Waals surface area contributed by atoms with Crippen LogP contribution in [0.3, 0.4) is 0 Å². The Kier molecular flexibility index (Phi) is 4.83. The summed E-state index contributed by atoms with van der Waals surface area (Å²) in [6.07, 6.45) is 0. The molecule has 1 amide bonds. The minimum absolute atomic E-state index is 0.182. The molecule has 4 nitrogen and oxygen atoms in total. The van der Waals surface area contributed by atoms with E-state index in [0.717, 1.165) is 42.4 Å². The van der Waals surface area contributed by atoms with E-state index in [1.54, 1.807) is 0 Å². The molecule has 1 saturated heterocycles. The van der Waals surface area contributed by atoms with E-state index in [4.69, 9.17) is 11.6 Å². The third-order valence-electron chi connectivity index (χ3n) is 5.46. The van der Waals surface area contributed by atoms with Crippen LogP contribution < -0.4 is 4.90 Å². The number of piperazine rings is 1. The number of aromatic nitrogens is 1. The Morgan fingerprint density at radius 3 is 2.52 bits per heavy atom. The van der Waals surface area contributed by atoms with Gasteiger partial charge >= 0.3 is 0 Å². The summed E-state index contributed by atoms with van der Waals surface area (Å²) in [5.74, 6) is 0.182. The smallest absolute Gasteiger partial charge is 0.242 e. The second kappa shape index (κ2) is 7.28. The van der Waals surface area contributed by atoms with E-state index < -0.39 is 0 Å². The number of rotatable bonds is 3. The predicted octanol–water partition coefficient (Wildman–Crippen LogP) is 4.26. The molecule has 2 heterocycles. The van der Waals surface area contributed by atoms with Gasteiger partial charge < -0.3 is 14.4 Å². The van der Waals surface area contributed by atoms with Gasteiger partial charge in [0, 0.05) is 48.1 Å². The number of fused-ring (bicyclic) bond motifs is 1. The van der Waals surface area contributed by atoms with Gasteiger partial charge in [-0.15, -0.1) is 0 Å². The maximum absolute atomic E-state index is 12.9. The molecule has 27 heavy (non-hydrogen) atoms. The lowest BCUT2D eigenvalue weighted by atomic mass is 10.1. The van der Waals surface area contributed by atoms with Crippen LogP contribution in [0.25, 0.3) is 10.9 Å². The number of halogens is 1. The van der Waals surface area contributed by atoms with E-state index in [1.807, 2.05) is 29.2 Å². The van der Waals surface area contributed by atoms with E-state index in [0.29, 0.717) is 6.54 Å². The molecule has 1 aliphatic heterocycles. The molecule has 4 rings (SSSR count). The van der Waals surface area contributed by atoms with E-state index >= 15 is 0 Å². The highest BCUT2D eigenvalue weighted by Crippen LogP contribution is 2.25. The maximum atomic E-state index is 12.9. The van der Waals surface area contributed by atoms with Crippen molar-refractivity contribution in [3.8, 4) is 0 Å². The number of nitrogens with zero attached hydrogens (tertiary/aromatic N) is 3. The lowest BCUT2D eigenvalue weighted by Crippen LogP contribution is -2.49. The van der Waals surface area contributed by atoms with E-state index in [-0.39, 0.29) is 5.91 Å². The zero-order valence-corrected chi connectivity index (χ0v) is 16.5. The van der Waals surface area contributed by atoms with Gasteiger partial charge in [0.2, 0.25) is 5.91 Å². The highest BCUT2D eigenvalue weighted by Gasteiger charge is 2.23. The summed E-state index contributed by atoms with van der Waals surface area (Å²) in [6, 6.07) is 16.4. The van der Waals surface area contributed by atoms with Crippen LogP contribution in [-0.2, 0) is 11.3 Å². The first kappa shape index (κ1) is 17.9. The van der Waals surface area contributed by atoms with Crippen molar-refractivity contribution in [2.75, 3.05) is 31.1 Å². The standard InChI is InChI=1S/C22H24ClN3O/c1-16-7-8-19(23)14-21(16)24-9-11-25(12-10-24)22(27)15-26-17(2)13-18-5-3-4-6-20(18)26/h3-8,13-14H,9-12,15H2,1-2H3. The molecule has 0 bridgehead atoms. The minimum Gasteiger partial charge on any atom is -0.368 e. The Morgan fingerprint density at radius 2 is 1.74 bits per heavy atom. The second-order valence-electron chi connectivity index (χ2n) is 7.23. The average molecular weight is 382 g/mol. The largest absolute Gasteiger partial charge is 0.368 e. The molecule has 0 atom stereocenters. The van der Waals surface area contributed by atoms with Gasteiger partial charge in [0.1, 0.15) is 6.54 Å². The van der Waals surface area contributed by atoms with Gasteiger partial charge in [0.05, 0.1) is 0 Å². The molecule has 2 aromatic carbocycles. The molecule has 0 N–H and O–H groups in total. The fourth-order valence-corrected chi connectivity index (χ4v) is 4.08. The van der Waals surface area contributed by atoms with Crippen molar-refractivity contribution < 1.29 is 4.79 Å². The molecule has 5 heteroatoms. The zero-order valence-electron chi connectivity index (χ0n) is 15.8. The van der Waals surface area contributed by atoms with Gasteiger partial charge in [-0.25, -0.2) is 0 Å². The number of hydrogen-bond donors (Lipinski definition) is 0. The highest BCUT2D eigenvalue weighted by molar-refractivity contribution is 6.30. The summed E-state index contributed by atoms with van der Waals surface area (Å²) in [5.41, 5.74) is 4.63. The van der Waals surface area contributed by atoms with E-state index in [2.05, 4.69) is 47.6 Å². The van der Waals surface area contributed by atoms with Crippen molar-refractivity contribution in [2.24, 2.45) is 0 Å². The molecule has 0 aliphatic carbocycles. The highest BCUT2D eigenvalue weighted by atomic mass is 35.5. The van der Waals surface area contributed by atoms with Crippen LogP contribution in [-0.4, -0.2) is 41.6 Å². The third kappa shape index (κ3) is 3.54. The number of aryl methyl sites for hydroxylation is 2. The van der Waals surface area contributed by atoms with Gasteiger partial charge in [-0.2, -0.15) is 0 Å². The van der Waals surface area contributed by atoms with Crippen LogP contribution in [0.15, 0.2) is 48.5 Å². The van der Waals surface area contributed by atoms with Crippen molar-refractivity contribution in [1.29, 1.82) is 0 Å². The molecular formula is C22H24ClN3O. The molecule has 1 aromatic heterocycles. The maximum Gasteiger partial charge on any atom is 0.242 e. The summed E-state index contributed by atoms with van der Waals surface area (Å²) in [4.78, 5) is 17.2. The third-order valence-corrected chi connectivity index (χ3v) is 5.69. The van der Waals surface area contributed by atoms with Crippen molar-refractivity contribution in [2.45, 2.75) is 20.4 Å². The van der Waals surface area contributed by atoms with Crippen LogP contribution in [0.4, 0.5) is 5.69 Å². The number of benzene rings is 2. The number of hydrogen-bond acceptors (Lipinski definition) is 2. The predicted molar refractivity (Wildman–Crippen MR) is 112 cm³/mol. The summed E-state index contributed by atoms with van der Waals surface area (Å²) < 4.78 is 2.12. The van der Waals surface area contributed by atoms with Crippen LogP contribution in [0, 0.1) is 13.8 Å². The SMILES string of the molecule is Cc1ccc(Cl)cc1N1CCN(C(=O)Cn2c(C)cc3ccccc32)CC1. The normalized spacial score (nSPS) is 14.8. The molecule has 1 fully saturated rings. The Labute approximate surface area is 164 Å². The first-order valence-corrected chi connectivity index (χ1v) is 9.74. The fourth-order valence-electron chi connectivity index (χ4n) is 3.91. The molecule has 140 valence electrons. The molecule has 0 radical (unpaired) electrons. The Hall–Kier alpha value is -2.46. The van der Waals surface area contributed by atoms with Crippen LogP contribution in [0.2, 0.25) is 5.02 Å². The van der Waals surface area contributed by atoms with Gasteiger partial charge in [0.15, 0.2) is 0 Å². The Bertz CT molecular complexity index is 986. The molecule has 3 aromatic rings. The van der Waals surface area contributed by atoms with Gasteiger partial charge in [-0.1, -0.05) is 35.9 Å². The molecule has 1 aliphatic rings. The van der Waals surface area contributed by atoms with Crippen molar-refractivity contribution in [3.05, 3.63) is 64.8 Å². The minimum atomic E-state index is 0.182. The van der Waals surface area contributed by atoms with Gasteiger partial charge in [0.25, 0.3) is 0 Å². The van der Waals surface area contributed by atoms with Crippen molar-refractivity contribution in [1.82, 2.24) is 9.47 Å². The van der Waals surface area contributed by atoms with Crippen LogP contribution in [0.5, 0.6) is 0 Å². The molecule has 0 spiro atoms. The number of anilines is 1. The topological polar surface area (TPSA) is 28.5 Å². The molecule has 0 saturated carbocycles. The molecular weight excluding hydrogens is 358 g/mol. The number of amides is 1. The fraction of sp³-hybridized carbons (Fsp3) is 0.318.